The third-order valence-corrected chi connectivity index (χ3v) is 7.15. The number of hydrogen-bond donors (Lipinski definition) is 1. The Bertz CT molecular complexity index is 767. The van der Waals surface area contributed by atoms with E-state index in [1.807, 2.05) is 25.1 Å². The zero-order valence-corrected chi connectivity index (χ0v) is 17.3. The Morgan fingerprint density at radius 2 is 2.00 bits per heavy atom. The van der Waals surface area contributed by atoms with Crippen molar-refractivity contribution in [1.82, 2.24) is 15.5 Å². The molecule has 6 nitrogen and oxygen atoms in total. The number of nitrogens with one attached hydrogen (secondary N) is 1. The van der Waals surface area contributed by atoms with Crippen molar-refractivity contribution < 1.29 is 14.3 Å². The number of rotatable bonds is 8. The molecule has 2 heterocycles. The van der Waals surface area contributed by atoms with Gasteiger partial charge < -0.3 is 14.8 Å². The van der Waals surface area contributed by atoms with Gasteiger partial charge in [-0.25, -0.2) is 0 Å². The van der Waals surface area contributed by atoms with E-state index in [2.05, 4.69) is 29.4 Å². The molecule has 0 unspecified atom stereocenters. The summed E-state index contributed by atoms with van der Waals surface area (Å²) in [5, 5.41) is 11.1. The second-order valence-corrected chi connectivity index (χ2v) is 10.0. The minimum atomic E-state index is -0.236. The molecule has 1 aromatic heterocycles. The molecule has 1 N–H and O–H groups in total. The Balaban J connectivity index is 1.47. The maximum atomic E-state index is 12.3. The molecule has 26 heavy (non-hydrogen) atoms. The summed E-state index contributed by atoms with van der Waals surface area (Å²) in [6.45, 7) is 6.93. The SMILES string of the molecule is CC(C)CSc1nnc(S[C@H](C)C(=O)NCc2ccc3c(c2)OCO3)s1. The first-order valence-electron chi connectivity index (χ1n) is 8.30. The zero-order valence-electron chi connectivity index (χ0n) is 14.9. The second kappa shape index (κ2) is 8.96. The molecule has 2 aromatic rings. The largest absolute Gasteiger partial charge is 0.454 e. The topological polar surface area (TPSA) is 73.3 Å². The summed E-state index contributed by atoms with van der Waals surface area (Å²) in [6.07, 6.45) is 0. The lowest BCUT2D eigenvalue weighted by Gasteiger charge is -2.10. The van der Waals surface area contributed by atoms with Crippen LogP contribution >= 0.6 is 34.9 Å². The van der Waals surface area contributed by atoms with E-state index in [4.69, 9.17) is 9.47 Å². The van der Waals surface area contributed by atoms with Crippen LogP contribution in [0.5, 0.6) is 11.5 Å². The van der Waals surface area contributed by atoms with E-state index in [1.54, 1.807) is 23.1 Å². The van der Waals surface area contributed by atoms with Gasteiger partial charge in [0.2, 0.25) is 12.7 Å². The number of aromatic nitrogens is 2. The molecule has 0 saturated carbocycles. The van der Waals surface area contributed by atoms with E-state index in [0.717, 1.165) is 31.5 Å². The highest BCUT2D eigenvalue weighted by Gasteiger charge is 2.18. The predicted octanol–water partition coefficient (Wildman–Crippen LogP) is 3.81. The first-order valence-corrected chi connectivity index (χ1v) is 11.0. The van der Waals surface area contributed by atoms with Gasteiger partial charge in [0, 0.05) is 12.3 Å². The summed E-state index contributed by atoms with van der Waals surface area (Å²) in [5.74, 6) is 3.07. The number of amides is 1. The van der Waals surface area contributed by atoms with E-state index in [0.29, 0.717) is 12.5 Å². The average molecular weight is 412 g/mol. The number of carbonyl (C=O) groups excluding carboxylic acids is 1. The Hall–Kier alpha value is -1.45. The van der Waals surface area contributed by atoms with E-state index >= 15 is 0 Å². The lowest BCUT2D eigenvalue weighted by molar-refractivity contribution is -0.120. The highest BCUT2D eigenvalue weighted by molar-refractivity contribution is 8.03. The van der Waals surface area contributed by atoms with Crippen LogP contribution in [0.3, 0.4) is 0 Å². The normalized spacial score (nSPS) is 13.8. The van der Waals surface area contributed by atoms with Crippen molar-refractivity contribution in [3.63, 3.8) is 0 Å². The van der Waals surface area contributed by atoms with Gasteiger partial charge in [-0.15, -0.1) is 10.2 Å². The van der Waals surface area contributed by atoms with Crippen LogP contribution in [0.2, 0.25) is 0 Å². The molecule has 0 bridgehead atoms. The lowest BCUT2D eigenvalue weighted by atomic mass is 10.2. The monoisotopic (exact) mass is 411 g/mol. The summed E-state index contributed by atoms with van der Waals surface area (Å²) in [5.41, 5.74) is 0.975. The first kappa shape index (κ1) is 19.3. The van der Waals surface area contributed by atoms with Gasteiger partial charge in [0.1, 0.15) is 0 Å². The average Bonchev–Trinajstić information content (AvgIpc) is 3.26. The standard InChI is InChI=1S/C17H21N3O3S3/c1-10(2)8-24-16-19-20-17(26-16)25-11(3)15(21)18-7-12-4-5-13-14(6-12)23-9-22-13/h4-6,10-11H,7-9H2,1-3H3,(H,18,21)/t11-/m1/s1. The van der Waals surface area contributed by atoms with Gasteiger partial charge in [-0.1, -0.05) is 54.8 Å². The summed E-state index contributed by atoms with van der Waals surface area (Å²) in [6, 6.07) is 5.68. The summed E-state index contributed by atoms with van der Waals surface area (Å²) in [4.78, 5) is 12.3. The highest BCUT2D eigenvalue weighted by Crippen LogP contribution is 2.33. The summed E-state index contributed by atoms with van der Waals surface area (Å²) >= 11 is 4.69. The molecule has 1 aromatic carbocycles. The van der Waals surface area contributed by atoms with Gasteiger partial charge >= 0.3 is 0 Å². The summed E-state index contributed by atoms with van der Waals surface area (Å²) < 4.78 is 12.4. The Kier molecular flexibility index (Phi) is 6.66. The van der Waals surface area contributed by atoms with Crippen LogP contribution in [-0.4, -0.2) is 33.9 Å². The van der Waals surface area contributed by atoms with E-state index in [-0.39, 0.29) is 18.0 Å². The molecule has 1 aliphatic rings. The van der Waals surface area contributed by atoms with Crippen LogP contribution in [-0.2, 0) is 11.3 Å². The molecular weight excluding hydrogens is 390 g/mol. The molecule has 1 aliphatic heterocycles. The number of nitrogens with zero attached hydrogens (tertiary/aromatic N) is 2. The van der Waals surface area contributed by atoms with Crippen LogP contribution in [0.1, 0.15) is 26.3 Å². The second-order valence-electron chi connectivity index (χ2n) is 6.20. The zero-order chi connectivity index (χ0) is 18.5. The third kappa shape index (κ3) is 5.28. The lowest BCUT2D eigenvalue weighted by Crippen LogP contribution is -2.30. The van der Waals surface area contributed by atoms with Crippen LogP contribution in [0.25, 0.3) is 0 Å². The minimum absolute atomic E-state index is 0.0285. The number of hydrogen-bond acceptors (Lipinski definition) is 8. The molecule has 1 amide bonds. The quantitative estimate of drug-likeness (QED) is 0.662. The van der Waals surface area contributed by atoms with Gasteiger partial charge in [-0.3, -0.25) is 4.79 Å². The first-order chi connectivity index (χ1) is 12.5. The molecule has 1 atom stereocenters. The highest BCUT2D eigenvalue weighted by atomic mass is 32.2. The van der Waals surface area contributed by atoms with Crippen molar-refractivity contribution in [2.24, 2.45) is 5.92 Å². The van der Waals surface area contributed by atoms with Gasteiger partial charge in [0.15, 0.2) is 20.2 Å². The van der Waals surface area contributed by atoms with Crippen LogP contribution in [0, 0.1) is 5.92 Å². The van der Waals surface area contributed by atoms with Gasteiger partial charge in [-0.05, 0) is 30.5 Å². The molecule has 0 saturated heterocycles. The van der Waals surface area contributed by atoms with Crippen molar-refractivity contribution in [3.05, 3.63) is 23.8 Å². The number of benzene rings is 1. The van der Waals surface area contributed by atoms with E-state index in [1.165, 1.54) is 11.8 Å². The van der Waals surface area contributed by atoms with Crippen molar-refractivity contribution in [2.75, 3.05) is 12.5 Å². The number of fused-ring (bicyclic) bond motifs is 1. The number of thioether (sulfide) groups is 2. The molecule has 0 aliphatic carbocycles. The fraction of sp³-hybridized carbons (Fsp3) is 0.471. The number of ether oxygens (including phenoxy) is 2. The maximum absolute atomic E-state index is 12.3. The minimum Gasteiger partial charge on any atom is -0.454 e. The van der Waals surface area contributed by atoms with Crippen molar-refractivity contribution in [1.29, 1.82) is 0 Å². The van der Waals surface area contributed by atoms with Gasteiger partial charge in [-0.2, -0.15) is 0 Å². The molecule has 9 heteroatoms. The Morgan fingerprint density at radius 3 is 2.81 bits per heavy atom. The Morgan fingerprint density at radius 1 is 1.23 bits per heavy atom. The maximum Gasteiger partial charge on any atom is 0.233 e. The van der Waals surface area contributed by atoms with Crippen LogP contribution in [0.15, 0.2) is 26.9 Å². The van der Waals surface area contributed by atoms with Crippen LogP contribution < -0.4 is 14.8 Å². The predicted molar refractivity (Wildman–Crippen MR) is 105 cm³/mol. The van der Waals surface area contributed by atoms with Crippen LogP contribution in [0.4, 0.5) is 0 Å². The molecule has 0 radical (unpaired) electrons. The molecule has 0 spiro atoms. The summed E-state index contributed by atoms with van der Waals surface area (Å²) in [7, 11) is 0. The molecular formula is C17H21N3O3S3. The Labute approximate surface area is 165 Å². The van der Waals surface area contributed by atoms with Crippen molar-refractivity contribution in [3.8, 4) is 11.5 Å². The third-order valence-electron chi connectivity index (χ3n) is 3.48. The smallest absolute Gasteiger partial charge is 0.233 e. The van der Waals surface area contributed by atoms with Crippen molar-refractivity contribution >= 4 is 40.8 Å². The van der Waals surface area contributed by atoms with E-state index in [9.17, 15) is 4.79 Å². The number of carbonyl (C=O) groups is 1. The molecule has 3 rings (SSSR count). The van der Waals surface area contributed by atoms with E-state index < -0.39 is 0 Å². The molecule has 140 valence electrons. The van der Waals surface area contributed by atoms with Gasteiger partial charge in [0.25, 0.3) is 0 Å². The fourth-order valence-electron chi connectivity index (χ4n) is 2.13. The van der Waals surface area contributed by atoms with Crippen molar-refractivity contribution in [2.45, 2.75) is 41.2 Å². The molecule has 0 fully saturated rings. The van der Waals surface area contributed by atoms with Gasteiger partial charge in [0.05, 0.1) is 5.25 Å². The fourth-order valence-corrected chi connectivity index (χ4v) is 5.29.